The van der Waals surface area contributed by atoms with E-state index in [1.807, 2.05) is 0 Å². The van der Waals surface area contributed by atoms with Gasteiger partial charge in [0, 0.05) is 6.42 Å². The summed E-state index contributed by atoms with van der Waals surface area (Å²) in [5, 5.41) is 87.5. The first-order chi connectivity index (χ1) is 43.1. The number of aliphatic hydroxyl groups is 8. The minimum absolute atomic E-state index is 0.241. The molecule has 1 amide bonds. The van der Waals surface area contributed by atoms with Crippen molar-refractivity contribution >= 4 is 5.91 Å². The smallest absolute Gasteiger partial charge is 0.220 e. The molecule has 0 aromatic heterocycles. The second-order valence-corrected chi connectivity index (χ2v) is 23.9. The van der Waals surface area contributed by atoms with Crippen molar-refractivity contribution in [1.82, 2.24) is 5.32 Å². The molecule has 2 aliphatic rings. The third kappa shape index (κ3) is 41.0. The summed E-state index contributed by atoms with van der Waals surface area (Å²) < 4.78 is 22.9. The molecule has 2 rings (SSSR count). The van der Waals surface area contributed by atoms with E-state index in [1.165, 1.54) is 109 Å². The predicted molar refractivity (Wildman–Crippen MR) is 359 cm³/mol. The van der Waals surface area contributed by atoms with Crippen LogP contribution in [0.2, 0.25) is 0 Å². The normalized spacial score (nSPS) is 23.9. The van der Waals surface area contributed by atoms with Crippen LogP contribution in [0.25, 0.3) is 0 Å². The highest BCUT2D eigenvalue weighted by molar-refractivity contribution is 5.76. The number of carbonyl (C=O) groups excluding carboxylic acids is 1. The van der Waals surface area contributed by atoms with E-state index in [1.54, 1.807) is 0 Å². The van der Waals surface area contributed by atoms with Gasteiger partial charge in [-0.3, -0.25) is 4.79 Å². The van der Waals surface area contributed by atoms with Crippen LogP contribution in [-0.2, 0) is 23.7 Å². The molecule has 0 aromatic rings. The topological polar surface area (TPSA) is 228 Å². The van der Waals surface area contributed by atoms with Gasteiger partial charge in [-0.05, 0) is 89.9 Å². The van der Waals surface area contributed by atoms with Gasteiger partial charge in [-0.1, -0.05) is 270 Å². The van der Waals surface area contributed by atoms with Crippen molar-refractivity contribution in [3.8, 4) is 0 Å². The summed E-state index contributed by atoms with van der Waals surface area (Å²) in [7, 11) is 0. The Hall–Kier alpha value is -3.61. The van der Waals surface area contributed by atoms with Gasteiger partial charge in [0.05, 0.1) is 32.0 Å². The van der Waals surface area contributed by atoms with Crippen LogP contribution in [0.15, 0.2) is 122 Å². The predicted octanol–water partition coefficient (Wildman–Crippen LogP) is 14.1. The Morgan fingerprint density at radius 1 is 0.420 bits per heavy atom. The molecule has 2 saturated heterocycles. The Morgan fingerprint density at radius 3 is 1.18 bits per heavy atom. The number of hydrogen-bond donors (Lipinski definition) is 9. The molecule has 0 bridgehead atoms. The van der Waals surface area contributed by atoms with Crippen molar-refractivity contribution in [1.29, 1.82) is 0 Å². The highest BCUT2D eigenvalue weighted by atomic mass is 16.7. The average Bonchev–Trinajstić information content (AvgIpc) is 2.07. The van der Waals surface area contributed by atoms with Crippen LogP contribution in [0.4, 0.5) is 0 Å². The van der Waals surface area contributed by atoms with Gasteiger partial charge < -0.3 is 65.1 Å². The fourth-order valence-electron chi connectivity index (χ4n) is 10.7. The van der Waals surface area contributed by atoms with Crippen LogP contribution in [0.5, 0.6) is 0 Å². The van der Waals surface area contributed by atoms with Crippen molar-refractivity contribution in [2.45, 2.75) is 319 Å². The molecule has 12 atom stereocenters. The standard InChI is InChI=1S/C74H125NO13/c1-3-5-7-9-11-13-15-17-19-21-23-25-26-27-28-29-30-31-32-33-34-35-36-38-40-42-44-46-48-50-52-54-56-58-66(79)75-62(63(78)57-55-53-51-49-47-45-43-41-39-37-24-22-20-18-16-14-12-10-8-6-4-2)61-85-73-71(84)69(82)72(65(60-77)87-73)88-74-70(83)68(81)67(80)64(59-76)86-74/h5,7,11,13,17,19,23,25,27-28,30-31,33-34,36,38,42,44,48,50,62-65,67-74,76-78,80-84H,3-4,6,8-10,12,14-16,18,20-22,24,26,29,32,35,37,39-41,43,45-47,49,51-61H2,1-2H3,(H,75,79)/b7-5-,13-11-,19-17-,25-23-,28-27-,31-30-,34-33-,38-36-,44-42-,50-48-. The third-order valence-electron chi connectivity index (χ3n) is 16.2. The van der Waals surface area contributed by atoms with Crippen LogP contribution >= 0.6 is 0 Å². The van der Waals surface area contributed by atoms with E-state index >= 15 is 0 Å². The highest BCUT2D eigenvalue weighted by Crippen LogP contribution is 2.30. The van der Waals surface area contributed by atoms with Crippen molar-refractivity contribution in [2.75, 3.05) is 19.8 Å². The molecule has 2 fully saturated rings. The summed E-state index contributed by atoms with van der Waals surface area (Å²) in [4.78, 5) is 13.3. The van der Waals surface area contributed by atoms with Crippen LogP contribution in [-0.4, -0.2) is 140 Å². The molecular formula is C74H125NO13. The first-order valence-corrected chi connectivity index (χ1v) is 34.8. The summed E-state index contributed by atoms with van der Waals surface area (Å²) in [5.74, 6) is -0.252. The zero-order valence-corrected chi connectivity index (χ0v) is 54.7. The number of nitrogens with one attached hydrogen (secondary N) is 1. The number of allylic oxidation sites excluding steroid dienone is 20. The maximum absolute atomic E-state index is 13.3. The zero-order chi connectivity index (χ0) is 63.8. The van der Waals surface area contributed by atoms with Crippen molar-refractivity contribution in [3.05, 3.63) is 122 Å². The van der Waals surface area contributed by atoms with E-state index in [-0.39, 0.29) is 18.9 Å². The van der Waals surface area contributed by atoms with Gasteiger partial charge in [-0.15, -0.1) is 0 Å². The molecule has 14 nitrogen and oxygen atoms in total. The number of unbranched alkanes of at least 4 members (excludes halogenated alkanes) is 22. The molecule has 504 valence electrons. The summed E-state index contributed by atoms with van der Waals surface area (Å²) in [6, 6.07) is -0.863. The molecule has 0 radical (unpaired) electrons. The van der Waals surface area contributed by atoms with E-state index in [4.69, 9.17) is 18.9 Å². The molecular weight excluding hydrogens is 1110 g/mol. The fraction of sp³-hybridized carbons (Fsp3) is 0.716. The monoisotopic (exact) mass is 1240 g/mol. The molecule has 2 aliphatic heterocycles. The van der Waals surface area contributed by atoms with Crippen LogP contribution in [0.1, 0.15) is 245 Å². The molecule has 0 aliphatic carbocycles. The Bertz CT molecular complexity index is 1940. The van der Waals surface area contributed by atoms with E-state index in [2.05, 4.69) is 141 Å². The molecule has 2 heterocycles. The largest absolute Gasteiger partial charge is 0.394 e. The first kappa shape index (κ1) is 80.5. The van der Waals surface area contributed by atoms with E-state index in [9.17, 15) is 45.6 Å². The molecule has 12 unspecified atom stereocenters. The lowest BCUT2D eigenvalue weighted by atomic mass is 9.97. The molecule has 0 saturated carbocycles. The average molecular weight is 1240 g/mol. The lowest BCUT2D eigenvalue weighted by Gasteiger charge is -2.46. The lowest BCUT2D eigenvalue weighted by molar-refractivity contribution is -0.359. The summed E-state index contributed by atoms with van der Waals surface area (Å²) in [6.45, 7) is 2.73. The Kier molecular flexibility index (Phi) is 52.4. The Morgan fingerprint density at radius 2 is 0.784 bits per heavy atom. The van der Waals surface area contributed by atoms with Crippen molar-refractivity contribution < 1.29 is 64.6 Å². The van der Waals surface area contributed by atoms with E-state index in [0.717, 1.165) is 103 Å². The minimum Gasteiger partial charge on any atom is -0.394 e. The molecule has 0 spiro atoms. The van der Waals surface area contributed by atoms with Crippen LogP contribution in [0, 0.1) is 0 Å². The number of amides is 1. The van der Waals surface area contributed by atoms with Gasteiger partial charge in [0.1, 0.15) is 48.8 Å². The minimum atomic E-state index is -1.79. The third-order valence-corrected chi connectivity index (χ3v) is 16.2. The van der Waals surface area contributed by atoms with Gasteiger partial charge in [0.2, 0.25) is 5.91 Å². The van der Waals surface area contributed by atoms with Gasteiger partial charge in [-0.2, -0.15) is 0 Å². The Balaban J connectivity index is 1.71. The molecule has 0 aromatic carbocycles. The maximum Gasteiger partial charge on any atom is 0.220 e. The van der Waals surface area contributed by atoms with Gasteiger partial charge in [0.25, 0.3) is 0 Å². The maximum atomic E-state index is 13.3. The van der Waals surface area contributed by atoms with Crippen molar-refractivity contribution in [2.24, 2.45) is 0 Å². The second kappa shape index (κ2) is 57.3. The highest BCUT2D eigenvalue weighted by Gasteiger charge is 2.51. The van der Waals surface area contributed by atoms with Crippen LogP contribution in [0.3, 0.4) is 0 Å². The van der Waals surface area contributed by atoms with Crippen LogP contribution < -0.4 is 5.32 Å². The number of aliphatic hydroxyl groups excluding tert-OH is 8. The summed E-state index contributed by atoms with van der Waals surface area (Å²) >= 11 is 0. The number of hydrogen-bond acceptors (Lipinski definition) is 13. The summed E-state index contributed by atoms with van der Waals surface area (Å²) in [6.07, 6.45) is 66.3. The van der Waals surface area contributed by atoms with Crippen molar-refractivity contribution in [3.63, 3.8) is 0 Å². The first-order valence-electron chi connectivity index (χ1n) is 34.8. The number of ether oxygens (including phenoxy) is 4. The van der Waals surface area contributed by atoms with Gasteiger partial charge >= 0.3 is 0 Å². The van der Waals surface area contributed by atoms with Gasteiger partial charge in [-0.25, -0.2) is 0 Å². The number of rotatable bonds is 55. The molecule has 88 heavy (non-hydrogen) atoms. The summed E-state index contributed by atoms with van der Waals surface area (Å²) in [5.41, 5.74) is 0. The SMILES string of the molecule is CC/C=C\C/C=C\C/C=C\C/C=C\C/C=C\C/C=C\C/C=C\C/C=C\C/C=C\C/C=C\CCCCC(=O)NC(COC1OC(CO)C(OC2OC(CO)C(O)C(O)C2O)C(O)C1O)C(O)CCCCCCCCCCCCCCCCCCCCCCC. The zero-order valence-electron chi connectivity index (χ0n) is 54.7. The van der Waals surface area contributed by atoms with E-state index < -0.39 is 86.8 Å². The quantitative estimate of drug-likeness (QED) is 0.0204. The lowest BCUT2D eigenvalue weighted by Crippen LogP contribution is -2.65. The second-order valence-electron chi connectivity index (χ2n) is 23.9. The van der Waals surface area contributed by atoms with E-state index in [0.29, 0.717) is 12.8 Å². The Labute approximate surface area is 533 Å². The fourth-order valence-corrected chi connectivity index (χ4v) is 10.7. The van der Waals surface area contributed by atoms with Gasteiger partial charge in [0.15, 0.2) is 12.6 Å². The molecule has 9 N–H and O–H groups in total. The number of carbonyl (C=O) groups is 1. The molecule has 14 heteroatoms.